The highest BCUT2D eigenvalue weighted by Gasteiger charge is 2.38. The van der Waals surface area contributed by atoms with Gasteiger partial charge in [0.25, 0.3) is 0 Å². The number of allylic oxidation sites excluding steroid dienone is 4. The molecule has 0 aromatic heterocycles. The predicted molar refractivity (Wildman–Crippen MR) is 54.8 cm³/mol. The first-order valence-corrected chi connectivity index (χ1v) is 4.94. The lowest BCUT2D eigenvalue weighted by Gasteiger charge is -2.33. The molecule has 0 radical (unpaired) electrons. The van der Waals surface area contributed by atoms with Gasteiger partial charge in [-0.05, 0) is 25.2 Å². The molecule has 0 amide bonds. The van der Waals surface area contributed by atoms with Gasteiger partial charge in [0.15, 0.2) is 0 Å². The van der Waals surface area contributed by atoms with Crippen molar-refractivity contribution in [2.45, 2.75) is 19.3 Å². The van der Waals surface area contributed by atoms with E-state index in [4.69, 9.17) is 5.11 Å². The lowest BCUT2D eigenvalue weighted by molar-refractivity contribution is -0.131. The minimum absolute atomic E-state index is 0.418. The van der Waals surface area contributed by atoms with Gasteiger partial charge in [-0.1, -0.05) is 23.3 Å². The molecule has 74 valence electrons. The first kappa shape index (κ1) is 9.25. The van der Waals surface area contributed by atoms with Gasteiger partial charge < -0.3 is 5.11 Å². The second kappa shape index (κ2) is 3.45. The van der Waals surface area contributed by atoms with E-state index in [1.165, 1.54) is 11.6 Å². The van der Waals surface area contributed by atoms with Crippen molar-refractivity contribution in [2.24, 2.45) is 11.8 Å². The van der Waals surface area contributed by atoms with Crippen molar-refractivity contribution in [3.8, 4) is 0 Å². The van der Waals surface area contributed by atoms with Crippen LogP contribution in [0.2, 0.25) is 0 Å². The van der Waals surface area contributed by atoms with Crippen molar-refractivity contribution in [1.82, 2.24) is 0 Å². The van der Waals surface area contributed by atoms with Gasteiger partial charge in [0, 0.05) is 12.0 Å². The van der Waals surface area contributed by atoms with Crippen molar-refractivity contribution in [2.75, 3.05) is 0 Å². The van der Waals surface area contributed by atoms with Gasteiger partial charge in [-0.3, -0.25) is 0 Å². The number of hydrogen-bond donors (Lipinski definition) is 1. The van der Waals surface area contributed by atoms with Crippen molar-refractivity contribution < 1.29 is 9.90 Å². The van der Waals surface area contributed by atoms with Gasteiger partial charge in [-0.2, -0.15) is 0 Å². The Hall–Kier alpha value is -1.31. The second-order valence-electron chi connectivity index (χ2n) is 4.07. The van der Waals surface area contributed by atoms with Crippen LogP contribution in [0.5, 0.6) is 0 Å². The third kappa shape index (κ3) is 1.52. The van der Waals surface area contributed by atoms with Crippen LogP contribution < -0.4 is 0 Å². The molecule has 0 aromatic rings. The fraction of sp³-hybridized carbons (Fsp3) is 0.417. The molecule has 2 rings (SSSR count). The van der Waals surface area contributed by atoms with E-state index in [1.54, 1.807) is 0 Å². The Morgan fingerprint density at radius 2 is 2.43 bits per heavy atom. The summed E-state index contributed by atoms with van der Waals surface area (Å²) in [5.41, 5.74) is 2.50. The molecule has 0 spiro atoms. The molecule has 1 N–H and O–H groups in total. The number of carbonyl (C=O) groups is 1. The van der Waals surface area contributed by atoms with E-state index < -0.39 is 5.97 Å². The lowest BCUT2D eigenvalue weighted by atomic mass is 9.71. The minimum Gasteiger partial charge on any atom is -0.478 e. The number of hydrogen-bond acceptors (Lipinski definition) is 1. The van der Waals surface area contributed by atoms with Gasteiger partial charge in [-0.15, -0.1) is 6.58 Å². The molecule has 2 atom stereocenters. The molecule has 2 aliphatic carbocycles. The fourth-order valence-corrected chi connectivity index (χ4v) is 2.46. The van der Waals surface area contributed by atoms with Gasteiger partial charge in [0.2, 0.25) is 0 Å². The van der Waals surface area contributed by atoms with Crippen molar-refractivity contribution in [1.29, 1.82) is 0 Å². The summed E-state index contributed by atoms with van der Waals surface area (Å²) in [7, 11) is 0. The van der Waals surface area contributed by atoms with E-state index in [-0.39, 0.29) is 0 Å². The van der Waals surface area contributed by atoms with E-state index in [0.717, 1.165) is 24.8 Å². The number of aliphatic carboxylic acids is 1. The Morgan fingerprint density at radius 3 is 3.07 bits per heavy atom. The molecule has 14 heavy (non-hydrogen) atoms. The topological polar surface area (TPSA) is 37.3 Å². The van der Waals surface area contributed by atoms with E-state index in [2.05, 4.69) is 12.7 Å². The van der Waals surface area contributed by atoms with Crippen LogP contribution in [0, 0.1) is 11.8 Å². The van der Waals surface area contributed by atoms with E-state index in [1.807, 2.05) is 6.08 Å². The number of rotatable bonds is 3. The third-order valence-corrected chi connectivity index (χ3v) is 3.09. The van der Waals surface area contributed by atoms with Crippen molar-refractivity contribution in [3.63, 3.8) is 0 Å². The maximum absolute atomic E-state index is 10.5. The van der Waals surface area contributed by atoms with Crippen LogP contribution in [0.15, 0.2) is 36.0 Å². The molecule has 0 saturated heterocycles. The van der Waals surface area contributed by atoms with E-state index in [9.17, 15) is 4.79 Å². The maximum Gasteiger partial charge on any atom is 0.328 e. The van der Waals surface area contributed by atoms with Crippen LogP contribution in [0.25, 0.3) is 0 Å². The standard InChI is InChI=1S/C12H14O2/c1-2-3-8-4-9-6-10(7-12(13)14)11(9)5-8/h2,5,7,9,11H,1,3-4,6H2,(H,13,14)/b10-7-/t9-,11-/m0/s1. The summed E-state index contributed by atoms with van der Waals surface area (Å²) in [4.78, 5) is 10.5. The Morgan fingerprint density at radius 1 is 1.64 bits per heavy atom. The normalized spacial score (nSPS) is 32.0. The Kier molecular flexibility index (Phi) is 2.28. The molecule has 1 fully saturated rings. The number of carboxylic acid groups (broad SMARTS) is 1. The first-order chi connectivity index (χ1) is 6.70. The van der Waals surface area contributed by atoms with Crippen LogP contribution in [0.1, 0.15) is 19.3 Å². The summed E-state index contributed by atoms with van der Waals surface area (Å²) in [6, 6.07) is 0. The van der Waals surface area contributed by atoms with Crippen LogP contribution in [-0.2, 0) is 4.79 Å². The number of carboxylic acids is 1. The van der Waals surface area contributed by atoms with Gasteiger partial charge in [0.05, 0.1) is 0 Å². The fourth-order valence-electron chi connectivity index (χ4n) is 2.46. The van der Waals surface area contributed by atoms with Crippen molar-refractivity contribution >= 4 is 5.97 Å². The van der Waals surface area contributed by atoms with Crippen LogP contribution in [-0.4, -0.2) is 11.1 Å². The van der Waals surface area contributed by atoms with E-state index >= 15 is 0 Å². The zero-order valence-electron chi connectivity index (χ0n) is 8.07. The second-order valence-corrected chi connectivity index (χ2v) is 4.07. The molecule has 0 heterocycles. The molecule has 2 heteroatoms. The maximum atomic E-state index is 10.5. The highest BCUT2D eigenvalue weighted by molar-refractivity contribution is 5.81. The zero-order valence-corrected chi connectivity index (χ0v) is 8.07. The third-order valence-electron chi connectivity index (χ3n) is 3.09. The van der Waals surface area contributed by atoms with Crippen LogP contribution in [0.3, 0.4) is 0 Å². The van der Waals surface area contributed by atoms with E-state index in [0.29, 0.717) is 11.8 Å². The molecule has 0 aromatic carbocycles. The largest absolute Gasteiger partial charge is 0.478 e. The summed E-state index contributed by atoms with van der Waals surface area (Å²) in [5.74, 6) is 0.278. The average Bonchev–Trinajstić information content (AvgIpc) is 2.41. The quantitative estimate of drug-likeness (QED) is 0.548. The smallest absolute Gasteiger partial charge is 0.328 e. The summed E-state index contributed by atoms with van der Waals surface area (Å²) in [5, 5.41) is 8.62. The SMILES string of the molecule is C=CCC1=C[C@@H]2/C(=C\C(=O)O)C[C@@H]2C1. The molecule has 0 aliphatic heterocycles. The van der Waals surface area contributed by atoms with Crippen molar-refractivity contribution in [3.05, 3.63) is 36.0 Å². The Bertz CT molecular complexity index is 336. The summed E-state index contributed by atoms with van der Waals surface area (Å²) in [6.45, 7) is 3.71. The molecule has 1 saturated carbocycles. The summed E-state index contributed by atoms with van der Waals surface area (Å²) >= 11 is 0. The first-order valence-electron chi connectivity index (χ1n) is 4.94. The lowest BCUT2D eigenvalue weighted by Crippen LogP contribution is -2.24. The van der Waals surface area contributed by atoms with Gasteiger partial charge in [0.1, 0.15) is 0 Å². The van der Waals surface area contributed by atoms with Crippen LogP contribution in [0.4, 0.5) is 0 Å². The molecule has 2 nitrogen and oxygen atoms in total. The summed E-state index contributed by atoms with van der Waals surface area (Å²) < 4.78 is 0. The Labute approximate surface area is 83.6 Å². The molecular formula is C12H14O2. The molecule has 0 bridgehead atoms. The highest BCUT2D eigenvalue weighted by Crippen LogP contribution is 2.50. The molecule has 0 unspecified atom stereocenters. The summed E-state index contributed by atoms with van der Waals surface area (Å²) in [6.07, 6.45) is 8.56. The predicted octanol–water partition coefficient (Wildman–Crippen LogP) is 2.54. The zero-order chi connectivity index (χ0) is 10.1. The minimum atomic E-state index is -0.816. The Balaban J connectivity index is 2.06. The van der Waals surface area contributed by atoms with Crippen LogP contribution >= 0.6 is 0 Å². The molecule has 2 aliphatic rings. The monoisotopic (exact) mass is 190 g/mol. The highest BCUT2D eigenvalue weighted by atomic mass is 16.4. The van der Waals surface area contributed by atoms with Gasteiger partial charge in [-0.25, -0.2) is 4.79 Å². The number of fused-ring (bicyclic) bond motifs is 1. The average molecular weight is 190 g/mol. The van der Waals surface area contributed by atoms with Gasteiger partial charge >= 0.3 is 5.97 Å². The molecular weight excluding hydrogens is 176 g/mol.